The Labute approximate surface area is 107 Å². The highest BCUT2D eigenvalue weighted by molar-refractivity contribution is 6.31. The summed E-state index contributed by atoms with van der Waals surface area (Å²) in [4.78, 5) is 2.10. The third-order valence-electron chi connectivity index (χ3n) is 2.58. The van der Waals surface area contributed by atoms with Crippen LogP contribution in [-0.2, 0) is 11.3 Å². The van der Waals surface area contributed by atoms with Gasteiger partial charge in [0.05, 0.1) is 29.5 Å². The smallest absolute Gasteiger partial charge is 0.0834 e. The lowest BCUT2D eigenvalue weighted by Gasteiger charge is -2.16. The van der Waals surface area contributed by atoms with Gasteiger partial charge in [0.2, 0.25) is 0 Å². The molecular weight excluding hydrogens is 240 g/mol. The zero-order valence-electron chi connectivity index (χ0n) is 10.7. The first-order valence-corrected chi connectivity index (χ1v) is 6.04. The third-order valence-corrected chi connectivity index (χ3v) is 2.87. The molecule has 1 heterocycles. The fourth-order valence-electron chi connectivity index (χ4n) is 1.59. The summed E-state index contributed by atoms with van der Waals surface area (Å²) in [6, 6.07) is -0.132. The highest BCUT2D eigenvalue weighted by atomic mass is 35.5. The number of aromatic nitrogens is 2. The van der Waals surface area contributed by atoms with Crippen LogP contribution in [0.15, 0.2) is 6.20 Å². The summed E-state index contributed by atoms with van der Waals surface area (Å²) in [5, 5.41) is 4.89. The molecule has 0 saturated carbocycles. The second-order valence-electron chi connectivity index (χ2n) is 4.29. The van der Waals surface area contributed by atoms with Crippen molar-refractivity contribution in [3.63, 3.8) is 0 Å². The van der Waals surface area contributed by atoms with E-state index in [0.29, 0.717) is 11.6 Å². The lowest BCUT2D eigenvalue weighted by molar-refractivity contribution is 0.187. The Bertz CT molecular complexity index is 340. The number of hydrogen-bond donors (Lipinski definition) is 1. The summed E-state index contributed by atoms with van der Waals surface area (Å²) in [5.74, 6) is 0. The number of nitrogens with two attached hydrogens (primary N) is 1. The second-order valence-corrected chi connectivity index (χ2v) is 4.70. The van der Waals surface area contributed by atoms with E-state index in [1.54, 1.807) is 13.3 Å². The molecule has 0 amide bonds. The number of rotatable bonds is 7. The van der Waals surface area contributed by atoms with Gasteiger partial charge in [0.15, 0.2) is 0 Å². The Balaban J connectivity index is 2.71. The van der Waals surface area contributed by atoms with Crippen molar-refractivity contribution >= 4 is 11.6 Å². The van der Waals surface area contributed by atoms with Crippen molar-refractivity contribution in [2.45, 2.75) is 19.0 Å². The minimum absolute atomic E-state index is 0.132. The van der Waals surface area contributed by atoms with E-state index in [0.717, 1.165) is 25.2 Å². The molecule has 0 spiro atoms. The molecule has 0 bridgehead atoms. The van der Waals surface area contributed by atoms with Crippen molar-refractivity contribution in [2.75, 3.05) is 34.4 Å². The molecule has 1 rings (SSSR count). The maximum absolute atomic E-state index is 6.12. The van der Waals surface area contributed by atoms with Gasteiger partial charge in [-0.15, -0.1) is 0 Å². The van der Waals surface area contributed by atoms with Gasteiger partial charge in [-0.1, -0.05) is 11.6 Å². The second kappa shape index (κ2) is 6.96. The van der Waals surface area contributed by atoms with Crippen LogP contribution in [0, 0.1) is 0 Å². The number of hydrogen-bond acceptors (Lipinski definition) is 4. The first kappa shape index (κ1) is 14.4. The van der Waals surface area contributed by atoms with Crippen molar-refractivity contribution in [1.82, 2.24) is 14.7 Å². The predicted octanol–water partition coefficient (Wildman–Crippen LogP) is 1.13. The van der Waals surface area contributed by atoms with Gasteiger partial charge >= 0.3 is 0 Å². The van der Waals surface area contributed by atoms with Crippen molar-refractivity contribution < 1.29 is 4.74 Å². The van der Waals surface area contributed by atoms with Crippen molar-refractivity contribution in [1.29, 1.82) is 0 Å². The molecule has 17 heavy (non-hydrogen) atoms. The summed E-state index contributed by atoms with van der Waals surface area (Å²) >= 11 is 6.12. The zero-order valence-corrected chi connectivity index (χ0v) is 11.4. The third kappa shape index (κ3) is 4.27. The van der Waals surface area contributed by atoms with E-state index in [2.05, 4.69) is 10.00 Å². The lowest BCUT2D eigenvalue weighted by atomic mass is 10.1. The van der Waals surface area contributed by atoms with Gasteiger partial charge in [0, 0.05) is 20.3 Å². The van der Waals surface area contributed by atoms with Crippen molar-refractivity contribution in [2.24, 2.45) is 5.73 Å². The van der Waals surface area contributed by atoms with Crippen molar-refractivity contribution in [3.05, 3.63) is 16.9 Å². The highest BCUT2D eigenvalue weighted by Gasteiger charge is 2.16. The van der Waals surface area contributed by atoms with E-state index in [4.69, 9.17) is 22.1 Å². The van der Waals surface area contributed by atoms with E-state index in [1.807, 2.05) is 18.8 Å². The summed E-state index contributed by atoms with van der Waals surface area (Å²) in [6.07, 6.45) is 2.39. The molecule has 0 aliphatic carbocycles. The number of methoxy groups -OCH3 is 1. The topological polar surface area (TPSA) is 56.3 Å². The number of ether oxygens (including phenoxy) is 1. The fraction of sp³-hybridized carbons (Fsp3) is 0.727. The number of likely N-dealkylation sites (N-methyl/N-ethyl adjacent to an activating group) is 1. The lowest BCUT2D eigenvalue weighted by Crippen LogP contribution is -2.23. The number of nitrogens with zero attached hydrogens (tertiary/aromatic N) is 3. The fourth-order valence-corrected chi connectivity index (χ4v) is 1.88. The van der Waals surface area contributed by atoms with Crippen LogP contribution >= 0.6 is 11.6 Å². The van der Waals surface area contributed by atoms with Gasteiger partial charge in [-0.05, 0) is 20.5 Å². The molecule has 1 unspecified atom stereocenters. The summed E-state index contributed by atoms with van der Waals surface area (Å²) in [5.41, 5.74) is 6.99. The molecule has 1 aromatic rings. The van der Waals surface area contributed by atoms with E-state index in [-0.39, 0.29) is 6.04 Å². The van der Waals surface area contributed by atoms with Crippen LogP contribution in [0.4, 0.5) is 0 Å². The van der Waals surface area contributed by atoms with Gasteiger partial charge in [-0.3, -0.25) is 4.68 Å². The molecule has 0 radical (unpaired) electrons. The molecular formula is C11H21ClN4O. The van der Waals surface area contributed by atoms with Gasteiger partial charge < -0.3 is 15.4 Å². The molecule has 0 saturated heterocycles. The van der Waals surface area contributed by atoms with Crippen LogP contribution in [0.1, 0.15) is 18.2 Å². The molecule has 0 aromatic carbocycles. The normalized spacial score (nSPS) is 13.3. The van der Waals surface area contributed by atoms with Crippen LogP contribution < -0.4 is 5.73 Å². The molecule has 5 nitrogen and oxygen atoms in total. The molecule has 6 heteroatoms. The largest absolute Gasteiger partial charge is 0.385 e. The highest BCUT2D eigenvalue weighted by Crippen LogP contribution is 2.23. The standard InChI is InChI=1S/C11H21ClN4O/c1-15(2)5-6-16-11(9(12)8-14-16)10(13)4-7-17-3/h8,10H,4-7,13H2,1-3H3. The quantitative estimate of drug-likeness (QED) is 0.799. The van der Waals surface area contributed by atoms with Crippen molar-refractivity contribution in [3.8, 4) is 0 Å². The van der Waals surface area contributed by atoms with Crippen LogP contribution in [0.3, 0.4) is 0 Å². The SMILES string of the molecule is COCCC(N)c1c(Cl)cnn1CCN(C)C. The predicted molar refractivity (Wildman–Crippen MR) is 69.2 cm³/mol. The zero-order chi connectivity index (χ0) is 12.8. The average molecular weight is 261 g/mol. The maximum atomic E-state index is 6.12. The Kier molecular flexibility index (Phi) is 5.91. The molecule has 0 aliphatic heterocycles. The van der Waals surface area contributed by atoms with Gasteiger partial charge in [0.1, 0.15) is 0 Å². The molecule has 1 aromatic heterocycles. The monoisotopic (exact) mass is 260 g/mol. The molecule has 0 aliphatic rings. The number of halogens is 1. The van der Waals surface area contributed by atoms with E-state index >= 15 is 0 Å². The Morgan fingerprint density at radius 2 is 2.29 bits per heavy atom. The van der Waals surface area contributed by atoms with Crippen LogP contribution in [-0.4, -0.2) is 49.0 Å². The van der Waals surface area contributed by atoms with Gasteiger partial charge in [-0.2, -0.15) is 5.10 Å². The molecule has 0 fully saturated rings. The summed E-state index contributed by atoms with van der Waals surface area (Å²) in [7, 11) is 5.71. The first-order valence-electron chi connectivity index (χ1n) is 5.66. The average Bonchev–Trinajstić information content (AvgIpc) is 2.64. The Morgan fingerprint density at radius 3 is 2.88 bits per heavy atom. The minimum atomic E-state index is -0.132. The molecule has 98 valence electrons. The summed E-state index contributed by atoms with van der Waals surface area (Å²) < 4.78 is 6.91. The van der Waals surface area contributed by atoms with E-state index in [9.17, 15) is 0 Å². The minimum Gasteiger partial charge on any atom is -0.385 e. The Morgan fingerprint density at radius 1 is 1.59 bits per heavy atom. The van der Waals surface area contributed by atoms with E-state index in [1.165, 1.54) is 0 Å². The van der Waals surface area contributed by atoms with Crippen LogP contribution in [0.2, 0.25) is 5.02 Å². The summed E-state index contributed by atoms with van der Waals surface area (Å²) in [6.45, 7) is 2.31. The Hall–Kier alpha value is -0.620. The molecule has 2 N–H and O–H groups in total. The van der Waals surface area contributed by atoms with Crippen LogP contribution in [0.25, 0.3) is 0 Å². The first-order chi connectivity index (χ1) is 8.06. The van der Waals surface area contributed by atoms with Gasteiger partial charge in [0.25, 0.3) is 0 Å². The van der Waals surface area contributed by atoms with E-state index < -0.39 is 0 Å². The molecule has 1 atom stereocenters. The maximum Gasteiger partial charge on any atom is 0.0834 e. The van der Waals surface area contributed by atoms with Crippen LogP contribution in [0.5, 0.6) is 0 Å². The van der Waals surface area contributed by atoms with Gasteiger partial charge in [-0.25, -0.2) is 0 Å².